The van der Waals surface area contributed by atoms with E-state index in [4.69, 9.17) is 16.3 Å². The quantitative estimate of drug-likeness (QED) is 0.626. The fraction of sp³-hybridized carbons (Fsp3) is 0.150. The van der Waals surface area contributed by atoms with Crippen molar-refractivity contribution >= 4 is 23.3 Å². The molecule has 1 N–H and O–H groups in total. The van der Waals surface area contributed by atoms with Crippen molar-refractivity contribution in [1.29, 1.82) is 0 Å². The third kappa shape index (κ3) is 4.49. The van der Waals surface area contributed by atoms with Gasteiger partial charge in [-0.05, 0) is 30.3 Å². The molecule has 0 aliphatic carbocycles. The highest BCUT2D eigenvalue weighted by Crippen LogP contribution is 2.22. The summed E-state index contributed by atoms with van der Waals surface area (Å²) in [6.45, 7) is 4.71. The van der Waals surface area contributed by atoms with Crippen LogP contribution in [0.5, 0.6) is 11.8 Å². The third-order valence-electron chi connectivity index (χ3n) is 4.30. The van der Waals surface area contributed by atoms with Crippen molar-refractivity contribution in [2.24, 2.45) is 0 Å². The molecule has 0 spiro atoms. The van der Waals surface area contributed by atoms with Crippen LogP contribution in [0.15, 0.2) is 61.7 Å². The van der Waals surface area contributed by atoms with Gasteiger partial charge < -0.3 is 15.0 Å². The van der Waals surface area contributed by atoms with E-state index in [-0.39, 0.29) is 18.0 Å². The first-order valence-corrected chi connectivity index (χ1v) is 9.24. The number of benzene rings is 1. The van der Waals surface area contributed by atoms with Crippen LogP contribution in [0.4, 0.5) is 5.82 Å². The van der Waals surface area contributed by atoms with Gasteiger partial charge in [-0.2, -0.15) is 0 Å². The van der Waals surface area contributed by atoms with E-state index in [2.05, 4.69) is 31.8 Å². The molecule has 1 aliphatic rings. The molecule has 3 heterocycles. The third-order valence-corrected chi connectivity index (χ3v) is 4.55. The summed E-state index contributed by atoms with van der Waals surface area (Å²) in [6, 6.07) is 7.30. The topological polar surface area (TPSA) is 93.1 Å². The molecular formula is C20H17ClN6O2. The van der Waals surface area contributed by atoms with E-state index in [0.717, 1.165) is 0 Å². The van der Waals surface area contributed by atoms with Crippen LogP contribution in [0.2, 0.25) is 5.02 Å². The van der Waals surface area contributed by atoms with Crippen LogP contribution in [-0.2, 0) is 4.79 Å². The number of hydrogen-bond donors (Lipinski definition) is 1. The second-order valence-electron chi connectivity index (χ2n) is 6.39. The largest absolute Gasteiger partial charge is 0.424 e. The second-order valence-corrected chi connectivity index (χ2v) is 6.82. The summed E-state index contributed by atoms with van der Waals surface area (Å²) >= 11 is 5.86. The fourth-order valence-corrected chi connectivity index (χ4v) is 2.90. The van der Waals surface area contributed by atoms with Crippen LogP contribution in [-0.4, -0.2) is 49.9 Å². The molecule has 1 fully saturated rings. The number of halogens is 1. The Hall–Kier alpha value is -3.52. The summed E-state index contributed by atoms with van der Waals surface area (Å²) in [7, 11) is 0. The number of amides is 1. The van der Waals surface area contributed by atoms with E-state index in [9.17, 15) is 4.79 Å². The normalized spacial score (nSPS) is 13.5. The Balaban J connectivity index is 1.40. The van der Waals surface area contributed by atoms with E-state index in [1.54, 1.807) is 54.0 Å². The van der Waals surface area contributed by atoms with E-state index in [0.29, 0.717) is 40.9 Å². The number of carbonyl (C=O) groups is 1. The lowest BCUT2D eigenvalue weighted by Gasteiger charge is -2.39. The molecule has 0 bridgehead atoms. The number of nitrogens with zero attached hydrogens (tertiary/aromatic N) is 5. The number of anilines is 1. The molecule has 1 saturated heterocycles. The Kier molecular flexibility index (Phi) is 5.35. The van der Waals surface area contributed by atoms with Crippen molar-refractivity contribution in [2.75, 3.05) is 18.4 Å². The first-order chi connectivity index (χ1) is 14.1. The van der Waals surface area contributed by atoms with Crippen LogP contribution >= 0.6 is 11.6 Å². The van der Waals surface area contributed by atoms with Gasteiger partial charge in [0.2, 0.25) is 5.91 Å². The number of nitrogens with one attached hydrogen (secondary N) is 1. The molecule has 9 heteroatoms. The van der Waals surface area contributed by atoms with Gasteiger partial charge in [0.15, 0.2) is 0 Å². The van der Waals surface area contributed by atoms with Gasteiger partial charge in [0.25, 0.3) is 0 Å². The zero-order valence-corrected chi connectivity index (χ0v) is 16.1. The minimum Gasteiger partial charge on any atom is -0.424 e. The first kappa shape index (κ1) is 18.8. The lowest BCUT2D eigenvalue weighted by molar-refractivity contribution is -0.129. The highest BCUT2D eigenvalue weighted by atomic mass is 35.5. The molecule has 146 valence electrons. The molecule has 4 rings (SSSR count). The van der Waals surface area contributed by atoms with Gasteiger partial charge in [0, 0.05) is 36.1 Å². The number of hydrogen-bond acceptors (Lipinski definition) is 7. The number of aromatic nitrogens is 4. The van der Waals surface area contributed by atoms with Gasteiger partial charge in [0.1, 0.15) is 11.6 Å². The molecule has 1 amide bonds. The lowest BCUT2D eigenvalue weighted by Crippen LogP contribution is -2.56. The molecule has 0 saturated carbocycles. The molecule has 29 heavy (non-hydrogen) atoms. The van der Waals surface area contributed by atoms with Gasteiger partial charge in [0.05, 0.1) is 24.1 Å². The van der Waals surface area contributed by atoms with Crippen molar-refractivity contribution in [3.63, 3.8) is 0 Å². The van der Waals surface area contributed by atoms with Crippen LogP contribution in [0, 0.1) is 0 Å². The molecule has 8 nitrogen and oxygen atoms in total. The smallest absolute Gasteiger partial charge is 0.321 e. The standard InChI is InChI=1S/C20H17ClN6O2/c1-2-19(28)27-11-15(12-27)25-18-10-22-9-17(26-18)13-7-23-20(24-8-13)29-16-5-3-14(21)4-6-16/h2-10,15H,1,11-12H2,(H,25,26). The maximum atomic E-state index is 11.5. The molecule has 0 radical (unpaired) electrons. The summed E-state index contributed by atoms with van der Waals surface area (Å²) in [5.74, 6) is 1.15. The van der Waals surface area contributed by atoms with Gasteiger partial charge in [-0.1, -0.05) is 18.2 Å². The Morgan fingerprint density at radius 2 is 1.90 bits per heavy atom. The molecule has 1 aromatic carbocycles. The maximum absolute atomic E-state index is 11.5. The minimum absolute atomic E-state index is 0.0686. The van der Waals surface area contributed by atoms with Crippen molar-refractivity contribution < 1.29 is 9.53 Å². The SMILES string of the molecule is C=CC(=O)N1CC(Nc2cncc(-c3cnc(Oc4ccc(Cl)cc4)nc3)n2)C1. The second kappa shape index (κ2) is 8.24. The van der Waals surface area contributed by atoms with Crippen LogP contribution < -0.4 is 10.1 Å². The summed E-state index contributed by atoms with van der Waals surface area (Å²) in [6.07, 6.45) is 7.84. The van der Waals surface area contributed by atoms with Gasteiger partial charge in [-0.25, -0.2) is 15.0 Å². The first-order valence-electron chi connectivity index (χ1n) is 8.86. The van der Waals surface area contributed by atoms with E-state index >= 15 is 0 Å². The van der Waals surface area contributed by atoms with Crippen LogP contribution in [0.1, 0.15) is 0 Å². The predicted molar refractivity (Wildman–Crippen MR) is 109 cm³/mol. The highest BCUT2D eigenvalue weighted by molar-refractivity contribution is 6.30. The summed E-state index contributed by atoms with van der Waals surface area (Å²) in [4.78, 5) is 30.4. The Bertz CT molecular complexity index is 1020. The number of carbonyl (C=O) groups excluding carboxylic acids is 1. The molecule has 3 aromatic rings. The van der Waals surface area contributed by atoms with Gasteiger partial charge >= 0.3 is 6.01 Å². The predicted octanol–water partition coefficient (Wildman–Crippen LogP) is 3.19. The molecule has 1 aliphatic heterocycles. The van der Waals surface area contributed by atoms with E-state index in [1.807, 2.05) is 0 Å². The average molecular weight is 409 g/mol. The molecule has 0 atom stereocenters. The summed E-state index contributed by atoms with van der Waals surface area (Å²) < 4.78 is 5.59. The Morgan fingerprint density at radius 1 is 1.17 bits per heavy atom. The number of likely N-dealkylation sites (tertiary alicyclic amines) is 1. The van der Waals surface area contributed by atoms with Crippen molar-refractivity contribution in [3.8, 4) is 23.0 Å². The van der Waals surface area contributed by atoms with Gasteiger partial charge in [-0.15, -0.1) is 0 Å². The summed E-state index contributed by atoms with van der Waals surface area (Å²) in [5, 5.41) is 3.90. The minimum atomic E-state index is -0.0686. The zero-order chi connectivity index (χ0) is 20.2. The monoisotopic (exact) mass is 408 g/mol. The molecule has 2 aromatic heterocycles. The van der Waals surface area contributed by atoms with E-state index < -0.39 is 0 Å². The molecular weight excluding hydrogens is 392 g/mol. The maximum Gasteiger partial charge on any atom is 0.321 e. The average Bonchev–Trinajstić information content (AvgIpc) is 2.72. The molecule has 0 unspecified atom stereocenters. The zero-order valence-electron chi connectivity index (χ0n) is 15.3. The summed E-state index contributed by atoms with van der Waals surface area (Å²) in [5.41, 5.74) is 1.34. The Labute approximate surface area is 172 Å². The van der Waals surface area contributed by atoms with Crippen molar-refractivity contribution in [2.45, 2.75) is 6.04 Å². The lowest BCUT2D eigenvalue weighted by atomic mass is 10.1. The number of rotatable bonds is 6. The van der Waals surface area contributed by atoms with E-state index in [1.165, 1.54) is 6.08 Å². The van der Waals surface area contributed by atoms with Crippen molar-refractivity contribution in [1.82, 2.24) is 24.8 Å². The van der Waals surface area contributed by atoms with Crippen LogP contribution in [0.3, 0.4) is 0 Å². The fourth-order valence-electron chi connectivity index (χ4n) is 2.77. The highest BCUT2D eigenvalue weighted by Gasteiger charge is 2.29. The van der Waals surface area contributed by atoms with Crippen LogP contribution in [0.25, 0.3) is 11.3 Å². The Morgan fingerprint density at radius 3 is 2.59 bits per heavy atom. The van der Waals surface area contributed by atoms with Crippen molar-refractivity contribution in [3.05, 3.63) is 66.7 Å². The van der Waals surface area contributed by atoms with Gasteiger partial charge in [-0.3, -0.25) is 9.78 Å². The number of ether oxygens (including phenoxy) is 1.